The highest BCUT2D eigenvalue weighted by Gasteiger charge is 2.32. The predicted molar refractivity (Wildman–Crippen MR) is 135 cm³/mol. The van der Waals surface area contributed by atoms with Gasteiger partial charge in [-0.2, -0.15) is 4.98 Å². The zero-order chi connectivity index (χ0) is 25.6. The van der Waals surface area contributed by atoms with Crippen LogP contribution in [-0.4, -0.2) is 75.4 Å². The number of piperazine rings is 1. The third-order valence-corrected chi connectivity index (χ3v) is 6.30. The number of carbonyl (C=O) groups excluding carboxylic acids is 2. The smallest absolute Gasteiger partial charge is 0.317 e. The van der Waals surface area contributed by atoms with Gasteiger partial charge in [-0.3, -0.25) is 9.36 Å². The number of aromatic nitrogens is 4. The minimum absolute atomic E-state index is 0.117. The van der Waals surface area contributed by atoms with Crippen molar-refractivity contribution in [3.05, 3.63) is 54.7 Å². The molecule has 12 nitrogen and oxygen atoms in total. The van der Waals surface area contributed by atoms with Gasteiger partial charge >= 0.3 is 6.03 Å². The van der Waals surface area contributed by atoms with Gasteiger partial charge in [0.2, 0.25) is 18.6 Å². The molecule has 0 spiro atoms. The molecule has 4 heterocycles. The highest BCUT2D eigenvalue weighted by Crippen LogP contribution is 2.32. The monoisotopic (exact) mass is 506 g/mol. The number of benzene rings is 1. The summed E-state index contributed by atoms with van der Waals surface area (Å²) in [4.78, 5) is 42.7. The number of carbonyl (C=O) groups is 2. The number of ether oxygens (including phenoxy) is 2. The zero-order valence-electron chi connectivity index (χ0n) is 20.7. The molecule has 194 valence electrons. The zero-order valence-corrected chi connectivity index (χ0v) is 20.7. The second-order valence-corrected chi connectivity index (χ2v) is 8.88. The molecule has 2 N–H and O–H groups in total. The Hall–Kier alpha value is -4.35. The first-order valence-corrected chi connectivity index (χ1v) is 12.4. The van der Waals surface area contributed by atoms with Crippen LogP contribution in [0.2, 0.25) is 0 Å². The van der Waals surface area contributed by atoms with Crippen LogP contribution in [0.5, 0.6) is 11.5 Å². The maximum Gasteiger partial charge on any atom is 0.317 e. The fraction of sp³-hybridized carbons (Fsp3) is 0.400. The second kappa shape index (κ2) is 11.1. The van der Waals surface area contributed by atoms with Crippen LogP contribution in [0.4, 0.5) is 10.6 Å². The summed E-state index contributed by atoms with van der Waals surface area (Å²) in [6.45, 7) is 4.66. The number of hydrogen-bond donors (Lipinski definition) is 2. The standard InChI is InChI=1S/C25H30N8O4/c1-2-6-28-25(35)31-10-11-33(22-5-7-27-24(30-22)32-9-8-26-16-32)19(15-31)13-23(34)29-14-18-3-4-20-21(12-18)37-17-36-20/h3-5,7-9,12,16,19H,2,6,10-11,13-15,17H2,1H3,(H,28,35)(H,29,34). The van der Waals surface area contributed by atoms with Crippen LogP contribution in [0.1, 0.15) is 25.3 Å². The molecule has 2 aliphatic heterocycles. The van der Waals surface area contributed by atoms with Crippen LogP contribution >= 0.6 is 0 Å². The Kier molecular flexibility index (Phi) is 7.33. The fourth-order valence-corrected chi connectivity index (χ4v) is 4.40. The predicted octanol–water partition coefficient (Wildman–Crippen LogP) is 1.71. The minimum Gasteiger partial charge on any atom is -0.454 e. The number of hydrogen-bond acceptors (Lipinski definition) is 8. The van der Waals surface area contributed by atoms with E-state index in [1.165, 1.54) is 0 Å². The summed E-state index contributed by atoms with van der Waals surface area (Å²) in [5.74, 6) is 2.45. The summed E-state index contributed by atoms with van der Waals surface area (Å²) in [6.07, 6.45) is 7.82. The van der Waals surface area contributed by atoms with Crippen molar-refractivity contribution in [3.8, 4) is 17.4 Å². The maximum absolute atomic E-state index is 13.0. The Morgan fingerprint density at radius 3 is 2.84 bits per heavy atom. The Bertz CT molecular complexity index is 1240. The number of nitrogens with zero attached hydrogens (tertiary/aromatic N) is 6. The number of amides is 3. The molecule has 2 aromatic heterocycles. The van der Waals surface area contributed by atoms with Gasteiger partial charge in [-0.25, -0.2) is 14.8 Å². The molecule has 1 unspecified atom stereocenters. The van der Waals surface area contributed by atoms with Gasteiger partial charge < -0.3 is 29.9 Å². The average molecular weight is 507 g/mol. The number of imidazole rings is 1. The summed E-state index contributed by atoms with van der Waals surface area (Å²) in [6, 6.07) is 7.06. The minimum atomic E-state index is -0.261. The van der Waals surface area contributed by atoms with Crippen LogP contribution in [0.15, 0.2) is 49.2 Å². The third kappa shape index (κ3) is 5.74. The summed E-state index contributed by atoms with van der Waals surface area (Å²) in [5, 5.41) is 5.93. The Morgan fingerprint density at radius 1 is 1.11 bits per heavy atom. The second-order valence-electron chi connectivity index (χ2n) is 8.88. The summed E-state index contributed by atoms with van der Waals surface area (Å²) >= 11 is 0. The highest BCUT2D eigenvalue weighted by atomic mass is 16.7. The van der Waals surface area contributed by atoms with Crippen LogP contribution in [0.25, 0.3) is 5.95 Å². The third-order valence-electron chi connectivity index (χ3n) is 6.30. The van der Waals surface area contributed by atoms with Gasteiger partial charge in [0.25, 0.3) is 0 Å². The van der Waals surface area contributed by atoms with E-state index in [1.807, 2.05) is 31.2 Å². The average Bonchev–Trinajstić information content (AvgIpc) is 3.63. The van der Waals surface area contributed by atoms with E-state index >= 15 is 0 Å². The molecule has 5 rings (SSSR count). The van der Waals surface area contributed by atoms with Crippen molar-refractivity contribution < 1.29 is 19.1 Å². The molecule has 3 aromatic rings. The summed E-state index contributed by atoms with van der Waals surface area (Å²) in [5.41, 5.74) is 0.916. The van der Waals surface area contributed by atoms with Crippen LogP contribution in [0, 0.1) is 0 Å². The quantitative estimate of drug-likeness (QED) is 0.473. The van der Waals surface area contributed by atoms with Crippen LogP contribution < -0.4 is 25.0 Å². The number of anilines is 1. The van der Waals surface area contributed by atoms with Crippen molar-refractivity contribution in [3.63, 3.8) is 0 Å². The lowest BCUT2D eigenvalue weighted by atomic mass is 10.1. The van der Waals surface area contributed by atoms with E-state index in [2.05, 4.69) is 25.5 Å². The molecule has 1 fully saturated rings. The van der Waals surface area contributed by atoms with Gasteiger partial charge in [0.1, 0.15) is 12.1 Å². The van der Waals surface area contributed by atoms with Crippen molar-refractivity contribution in [2.45, 2.75) is 32.4 Å². The first-order chi connectivity index (χ1) is 18.1. The van der Waals surface area contributed by atoms with Gasteiger partial charge in [0, 0.05) is 57.7 Å². The molecule has 12 heteroatoms. The molecule has 1 aromatic carbocycles. The van der Waals surface area contributed by atoms with Gasteiger partial charge in [-0.1, -0.05) is 13.0 Å². The van der Waals surface area contributed by atoms with Gasteiger partial charge in [-0.15, -0.1) is 0 Å². The summed E-state index contributed by atoms with van der Waals surface area (Å²) < 4.78 is 12.5. The normalized spacial score (nSPS) is 16.5. The molecule has 0 saturated carbocycles. The molecule has 0 radical (unpaired) electrons. The van der Waals surface area contributed by atoms with Crippen molar-refractivity contribution in [1.82, 2.24) is 35.1 Å². The lowest BCUT2D eigenvalue weighted by Gasteiger charge is -2.41. The van der Waals surface area contributed by atoms with E-state index in [-0.39, 0.29) is 31.2 Å². The Balaban J connectivity index is 1.29. The molecule has 3 amide bonds. The molecule has 1 saturated heterocycles. The number of rotatable bonds is 8. The molecular formula is C25H30N8O4. The first-order valence-electron chi connectivity index (χ1n) is 12.4. The fourth-order valence-electron chi connectivity index (χ4n) is 4.40. The van der Waals surface area contributed by atoms with E-state index < -0.39 is 0 Å². The molecule has 37 heavy (non-hydrogen) atoms. The van der Waals surface area contributed by atoms with Crippen molar-refractivity contribution in [1.29, 1.82) is 0 Å². The summed E-state index contributed by atoms with van der Waals surface area (Å²) in [7, 11) is 0. The van der Waals surface area contributed by atoms with E-state index in [1.54, 1.807) is 34.4 Å². The highest BCUT2D eigenvalue weighted by molar-refractivity contribution is 5.78. The molecular weight excluding hydrogens is 476 g/mol. The Morgan fingerprint density at radius 2 is 2.00 bits per heavy atom. The van der Waals surface area contributed by atoms with E-state index in [4.69, 9.17) is 14.5 Å². The van der Waals surface area contributed by atoms with E-state index in [0.717, 1.165) is 12.0 Å². The van der Waals surface area contributed by atoms with E-state index in [9.17, 15) is 9.59 Å². The van der Waals surface area contributed by atoms with Crippen LogP contribution in [-0.2, 0) is 11.3 Å². The number of fused-ring (bicyclic) bond motifs is 1. The molecule has 2 aliphatic rings. The van der Waals surface area contributed by atoms with E-state index in [0.29, 0.717) is 56.0 Å². The molecule has 0 bridgehead atoms. The van der Waals surface area contributed by atoms with Gasteiger partial charge in [0.15, 0.2) is 11.5 Å². The van der Waals surface area contributed by atoms with Crippen molar-refractivity contribution >= 4 is 17.8 Å². The van der Waals surface area contributed by atoms with Crippen molar-refractivity contribution in [2.24, 2.45) is 0 Å². The maximum atomic E-state index is 13.0. The van der Waals surface area contributed by atoms with Gasteiger partial charge in [-0.05, 0) is 30.2 Å². The van der Waals surface area contributed by atoms with Gasteiger partial charge in [0.05, 0.1) is 6.04 Å². The largest absolute Gasteiger partial charge is 0.454 e. The SMILES string of the molecule is CCCNC(=O)N1CCN(c2ccnc(-n3ccnc3)n2)C(CC(=O)NCc2ccc3c(c2)OCO3)C1. The lowest BCUT2D eigenvalue weighted by Crippen LogP contribution is -2.58. The number of nitrogens with one attached hydrogen (secondary N) is 2. The van der Waals surface area contributed by atoms with Crippen LogP contribution in [0.3, 0.4) is 0 Å². The first kappa shape index (κ1) is 24.3. The number of urea groups is 1. The molecule has 0 aliphatic carbocycles. The van der Waals surface area contributed by atoms with Crippen molar-refractivity contribution in [2.75, 3.05) is 37.9 Å². The molecule has 1 atom stereocenters. The Labute approximate surface area is 214 Å². The topological polar surface area (TPSA) is 127 Å². The lowest BCUT2D eigenvalue weighted by molar-refractivity contribution is -0.121.